The Balaban J connectivity index is 2.09. The maximum atomic E-state index is 12.9. The van der Waals surface area contributed by atoms with Gasteiger partial charge in [0.25, 0.3) is 5.91 Å². The van der Waals surface area contributed by atoms with Crippen molar-refractivity contribution in [1.29, 1.82) is 0 Å². The molecule has 5 nitrogen and oxygen atoms in total. The van der Waals surface area contributed by atoms with Gasteiger partial charge < -0.3 is 10.1 Å². The van der Waals surface area contributed by atoms with Gasteiger partial charge in [-0.1, -0.05) is 18.2 Å². The molecule has 0 aliphatic rings. The first-order chi connectivity index (χ1) is 12.8. The van der Waals surface area contributed by atoms with E-state index in [-0.39, 0.29) is 27.4 Å². The molecule has 0 atom stereocenters. The van der Waals surface area contributed by atoms with Gasteiger partial charge in [-0.3, -0.25) is 9.78 Å². The Bertz CT molecular complexity index is 1000. The summed E-state index contributed by atoms with van der Waals surface area (Å²) < 4.78 is 43.9. The van der Waals surface area contributed by atoms with E-state index >= 15 is 0 Å². The number of rotatable bonds is 4. The minimum atomic E-state index is -4.57. The van der Waals surface area contributed by atoms with Crippen LogP contribution in [0.2, 0.25) is 0 Å². The van der Waals surface area contributed by atoms with Crippen LogP contribution in [0.15, 0.2) is 42.6 Å². The van der Waals surface area contributed by atoms with Gasteiger partial charge in [0.15, 0.2) is 0 Å². The van der Waals surface area contributed by atoms with Gasteiger partial charge in [0.1, 0.15) is 10.4 Å². The number of thiophene rings is 1. The summed E-state index contributed by atoms with van der Waals surface area (Å²) in [5.41, 5.74) is -0.470. The van der Waals surface area contributed by atoms with Crippen molar-refractivity contribution in [2.45, 2.75) is 13.1 Å². The number of aromatic nitrogens is 1. The standard InChI is InChI=1S/C18H13F3N2O3S/c1-2-26-17(25)15-14(23-16(24)10-6-4-3-5-7-10)13-12(27-15)8-11(9-22-13)18(19,20)21/h3-9H,2H2,1H3,(H,23,24). The van der Waals surface area contributed by atoms with Crippen LogP contribution in [-0.2, 0) is 10.9 Å². The molecule has 1 amide bonds. The van der Waals surface area contributed by atoms with E-state index in [0.29, 0.717) is 11.8 Å². The van der Waals surface area contributed by atoms with Crippen LogP contribution in [-0.4, -0.2) is 23.5 Å². The molecule has 1 aromatic carbocycles. The van der Waals surface area contributed by atoms with Gasteiger partial charge in [0, 0.05) is 11.8 Å². The van der Waals surface area contributed by atoms with Gasteiger partial charge >= 0.3 is 12.1 Å². The summed E-state index contributed by atoms with van der Waals surface area (Å²) >= 11 is 0.788. The fraction of sp³-hybridized carbons (Fsp3) is 0.167. The van der Waals surface area contributed by atoms with E-state index in [1.165, 1.54) is 0 Å². The molecule has 9 heteroatoms. The molecule has 0 fully saturated rings. The molecule has 0 aliphatic heterocycles. The number of pyridine rings is 1. The Labute approximate surface area is 155 Å². The van der Waals surface area contributed by atoms with Gasteiger partial charge in [0.2, 0.25) is 0 Å². The van der Waals surface area contributed by atoms with Crippen LogP contribution in [0.25, 0.3) is 10.2 Å². The third-order valence-corrected chi connectivity index (χ3v) is 4.70. The predicted octanol–water partition coefficient (Wildman–Crippen LogP) is 4.74. The molecule has 0 bridgehead atoms. The number of halogens is 3. The molecule has 3 rings (SSSR count). The molecule has 27 heavy (non-hydrogen) atoms. The first-order valence-electron chi connectivity index (χ1n) is 7.84. The summed E-state index contributed by atoms with van der Waals surface area (Å²) in [5, 5.41) is 2.57. The monoisotopic (exact) mass is 394 g/mol. The fourth-order valence-corrected chi connectivity index (χ4v) is 3.41. The van der Waals surface area contributed by atoms with Crippen LogP contribution >= 0.6 is 11.3 Å². The van der Waals surface area contributed by atoms with Crippen molar-refractivity contribution in [3.63, 3.8) is 0 Å². The first-order valence-corrected chi connectivity index (χ1v) is 8.66. The van der Waals surface area contributed by atoms with E-state index < -0.39 is 23.6 Å². The lowest BCUT2D eigenvalue weighted by molar-refractivity contribution is -0.137. The van der Waals surface area contributed by atoms with Crippen molar-refractivity contribution < 1.29 is 27.5 Å². The number of carbonyl (C=O) groups is 2. The number of alkyl halides is 3. The van der Waals surface area contributed by atoms with Crippen LogP contribution in [0.3, 0.4) is 0 Å². The van der Waals surface area contributed by atoms with Crippen molar-refractivity contribution in [3.05, 3.63) is 58.6 Å². The lowest BCUT2D eigenvalue weighted by Crippen LogP contribution is -2.14. The lowest BCUT2D eigenvalue weighted by atomic mass is 10.2. The largest absolute Gasteiger partial charge is 0.462 e. The molecule has 0 aliphatic carbocycles. The van der Waals surface area contributed by atoms with Gasteiger partial charge in [0.05, 0.1) is 22.6 Å². The molecule has 0 saturated carbocycles. The van der Waals surface area contributed by atoms with Crippen molar-refractivity contribution in [3.8, 4) is 0 Å². The van der Waals surface area contributed by atoms with Crippen molar-refractivity contribution >= 4 is 39.1 Å². The molecule has 3 aromatic rings. The average Bonchev–Trinajstić information content (AvgIpc) is 3.00. The van der Waals surface area contributed by atoms with Crippen LogP contribution < -0.4 is 5.32 Å². The second kappa shape index (κ2) is 7.36. The van der Waals surface area contributed by atoms with Crippen molar-refractivity contribution in [2.75, 3.05) is 11.9 Å². The highest BCUT2D eigenvalue weighted by Gasteiger charge is 2.32. The molecule has 140 valence electrons. The maximum Gasteiger partial charge on any atom is 0.417 e. The Morgan fingerprint density at radius 1 is 1.22 bits per heavy atom. The third-order valence-electron chi connectivity index (χ3n) is 3.59. The topological polar surface area (TPSA) is 68.3 Å². The Morgan fingerprint density at radius 3 is 2.56 bits per heavy atom. The number of hydrogen-bond acceptors (Lipinski definition) is 5. The Kier molecular flexibility index (Phi) is 5.13. The summed E-state index contributed by atoms with van der Waals surface area (Å²) in [6, 6.07) is 9.11. The highest BCUT2D eigenvalue weighted by molar-refractivity contribution is 7.21. The number of carbonyl (C=O) groups excluding carboxylic acids is 2. The van der Waals surface area contributed by atoms with E-state index in [9.17, 15) is 22.8 Å². The van der Waals surface area contributed by atoms with Gasteiger partial charge in [-0.05, 0) is 25.1 Å². The highest BCUT2D eigenvalue weighted by atomic mass is 32.1. The van der Waals surface area contributed by atoms with Crippen molar-refractivity contribution in [2.24, 2.45) is 0 Å². The van der Waals surface area contributed by atoms with Crippen LogP contribution in [0, 0.1) is 0 Å². The summed E-state index contributed by atoms with van der Waals surface area (Å²) in [7, 11) is 0. The second-order valence-electron chi connectivity index (χ2n) is 5.42. The molecule has 0 saturated heterocycles. The third kappa shape index (κ3) is 3.92. The molecular weight excluding hydrogens is 381 g/mol. The Hall–Kier alpha value is -2.94. The van der Waals surface area contributed by atoms with E-state index in [2.05, 4.69) is 10.3 Å². The predicted molar refractivity (Wildman–Crippen MR) is 95.0 cm³/mol. The number of anilines is 1. The number of esters is 1. The maximum absolute atomic E-state index is 12.9. The average molecular weight is 394 g/mol. The quantitative estimate of drug-likeness (QED) is 0.649. The van der Waals surface area contributed by atoms with Gasteiger partial charge in [-0.2, -0.15) is 13.2 Å². The molecule has 0 radical (unpaired) electrons. The summed E-state index contributed by atoms with van der Waals surface area (Å²) in [6.45, 7) is 1.69. The number of fused-ring (bicyclic) bond motifs is 1. The van der Waals surface area contributed by atoms with Crippen LogP contribution in [0.4, 0.5) is 18.9 Å². The van der Waals surface area contributed by atoms with E-state index in [1.807, 2.05) is 0 Å². The summed E-state index contributed by atoms with van der Waals surface area (Å²) in [5.74, 6) is -1.25. The summed E-state index contributed by atoms with van der Waals surface area (Å²) in [4.78, 5) is 28.5. The smallest absolute Gasteiger partial charge is 0.417 e. The number of nitrogens with one attached hydrogen (secondary N) is 1. The summed E-state index contributed by atoms with van der Waals surface area (Å²) in [6.07, 6.45) is -3.90. The number of ether oxygens (including phenoxy) is 1. The zero-order valence-electron chi connectivity index (χ0n) is 14.0. The fourth-order valence-electron chi connectivity index (χ4n) is 2.37. The molecule has 1 N–H and O–H groups in total. The zero-order valence-corrected chi connectivity index (χ0v) is 14.8. The van der Waals surface area contributed by atoms with E-state index in [4.69, 9.17) is 4.74 Å². The van der Waals surface area contributed by atoms with Crippen LogP contribution in [0.1, 0.15) is 32.5 Å². The first kappa shape index (κ1) is 18.8. The Morgan fingerprint density at radius 2 is 1.93 bits per heavy atom. The molecule has 0 spiro atoms. The van der Waals surface area contributed by atoms with Gasteiger partial charge in [-0.15, -0.1) is 11.3 Å². The van der Waals surface area contributed by atoms with Crippen LogP contribution in [0.5, 0.6) is 0 Å². The minimum absolute atomic E-state index is 0.0112. The second-order valence-corrected chi connectivity index (χ2v) is 6.47. The van der Waals surface area contributed by atoms with Gasteiger partial charge in [-0.25, -0.2) is 4.79 Å². The zero-order chi connectivity index (χ0) is 19.6. The SMILES string of the molecule is CCOC(=O)c1sc2cc(C(F)(F)F)cnc2c1NC(=O)c1ccccc1. The molecule has 0 unspecified atom stereocenters. The van der Waals surface area contributed by atoms with Crippen molar-refractivity contribution in [1.82, 2.24) is 4.98 Å². The highest BCUT2D eigenvalue weighted by Crippen LogP contribution is 2.38. The molecular formula is C18H13F3N2O3S. The number of nitrogens with zero attached hydrogens (tertiary/aromatic N) is 1. The number of benzene rings is 1. The van der Waals surface area contributed by atoms with E-state index in [1.54, 1.807) is 37.3 Å². The normalized spacial score (nSPS) is 11.4. The number of amides is 1. The number of hydrogen-bond donors (Lipinski definition) is 1. The molecule has 2 heterocycles. The lowest BCUT2D eigenvalue weighted by Gasteiger charge is -2.08. The minimum Gasteiger partial charge on any atom is -0.462 e. The molecule has 2 aromatic heterocycles. The van der Waals surface area contributed by atoms with E-state index in [0.717, 1.165) is 17.4 Å².